The zero-order chi connectivity index (χ0) is 15.9. The van der Waals surface area contributed by atoms with Crippen LogP contribution in [-0.2, 0) is 6.42 Å². The van der Waals surface area contributed by atoms with E-state index in [2.05, 4.69) is 20.6 Å². The second kappa shape index (κ2) is 7.64. The molecule has 0 saturated carbocycles. The molecular weight excluding hydrogens is 325 g/mol. The summed E-state index contributed by atoms with van der Waals surface area (Å²) in [5.41, 5.74) is 0.570. The van der Waals surface area contributed by atoms with Crippen LogP contribution in [0.1, 0.15) is 11.3 Å². The summed E-state index contributed by atoms with van der Waals surface area (Å²) >= 11 is 11.0. The highest BCUT2D eigenvalue weighted by atomic mass is 35.5. The third kappa shape index (κ3) is 4.10. The van der Waals surface area contributed by atoms with Crippen molar-refractivity contribution in [2.24, 2.45) is 0 Å². The van der Waals surface area contributed by atoms with Gasteiger partial charge in [-0.25, -0.2) is 14.4 Å². The molecule has 5 nitrogen and oxygen atoms in total. The predicted molar refractivity (Wildman–Crippen MR) is 86.1 cm³/mol. The molecule has 0 atom stereocenters. The van der Waals surface area contributed by atoms with Crippen molar-refractivity contribution in [1.29, 1.82) is 5.26 Å². The highest BCUT2D eigenvalue weighted by Crippen LogP contribution is 2.18. The Morgan fingerprint density at radius 2 is 2.14 bits per heavy atom. The first-order valence-electron chi connectivity index (χ1n) is 6.30. The van der Waals surface area contributed by atoms with Crippen LogP contribution in [0.4, 0.5) is 10.2 Å². The zero-order valence-electron chi connectivity index (χ0n) is 11.3. The van der Waals surface area contributed by atoms with Crippen molar-refractivity contribution in [2.75, 3.05) is 11.9 Å². The summed E-state index contributed by atoms with van der Waals surface area (Å²) < 4.78 is 13.6. The molecule has 0 aliphatic heterocycles. The highest BCUT2D eigenvalue weighted by Gasteiger charge is 2.08. The van der Waals surface area contributed by atoms with Gasteiger partial charge in [0.15, 0.2) is 16.6 Å². The van der Waals surface area contributed by atoms with E-state index < -0.39 is 0 Å². The first-order valence-corrected chi connectivity index (χ1v) is 7.09. The predicted octanol–water partition coefficient (Wildman–Crippen LogP) is 2.67. The molecule has 0 bridgehead atoms. The minimum atomic E-state index is -0.353. The van der Waals surface area contributed by atoms with Crippen LogP contribution in [0.15, 0.2) is 30.6 Å². The maximum Gasteiger partial charge on any atom is 0.183 e. The number of benzene rings is 1. The number of rotatable bonds is 4. The lowest BCUT2D eigenvalue weighted by molar-refractivity contribution is 0.607. The monoisotopic (exact) mass is 335 g/mol. The van der Waals surface area contributed by atoms with Gasteiger partial charge < -0.3 is 10.6 Å². The van der Waals surface area contributed by atoms with Crippen molar-refractivity contribution < 1.29 is 4.39 Å². The lowest BCUT2D eigenvalue weighted by Gasteiger charge is -2.11. The molecule has 1 heterocycles. The molecule has 0 fully saturated rings. The summed E-state index contributed by atoms with van der Waals surface area (Å²) in [7, 11) is 0. The van der Waals surface area contributed by atoms with Gasteiger partial charge in [-0.2, -0.15) is 5.26 Å². The normalized spacial score (nSPS) is 9.86. The van der Waals surface area contributed by atoms with Gasteiger partial charge in [-0.15, -0.1) is 0 Å². The maximum atomic E-state index is 13.6. The van der Waals surface area contributed by atoms with E-state index in [1.54, 1.807) is 12.1 Å². The van der Waals surface area contributed by atoms with Gasteiger partial charge >= 0.3 is 0 Å². The molecule has 8 heteroatoms. The quantitative estimate of drug-likeness (QED) is 0.837. The number of anilines is 1. The Bertz CT molecular complexity index is 711. The highest BCUT2D eigenvalue weighted by molar-refractivity contribution is 7.80. The molecule has 0 unspecified atom stereocenters. The average Bonchev–Trinajstić information content (AvgIpc) is 2.51. The topological polar surface area (TPSA) is 73.6 Å². The number of hydrogen-bond donors (Lipinski definition) is 2. The standard InChI is InChI=1S/C14H11ClFN5S/c15-10-2-1-3-11(16)9(10)4-5-20-14(22)21-13-12(8-17)18-6-7-19-13/h1-3,6-7H,4-5H2,(H2,19,20,21,22). The third-order valence-electron chi connectivity index (χ3n) is 2.76. The first-order chi connectivity index (χ1) is 10.6. The minimum absolute atomic E-state index is 0.142. The van der Waals surface area contributed by atoms with Crippen molar-refractivity contribution in [1.82, 2.24) is 15.3 Å². The molecule has 0 radical (unpaired) electrons. The molecule has 1 aromatic heterocycles. The number of halogens is 2. The average molecular weight is 336 g/mol. The molecule has 1 aromatic carbocycles. The van der Waals surface area contributed by atoms with E-state index in [1.807, 2.05) is 6.07 Å². The van der Waals surface area contributed by atoms with E-state index in [4.69, 9.17) is 29.1 Å². The fourth-order valence-electron chi connectivity index (χ4n) is 1.74. The molecule has 0 aliphatic carbocycles. The van der Waals surface area contributed by atoms with Gasteiger partial charge in [0, 0.05) is 29.5 Å². The van der Waals surface area contributed by atoms with E-state index in [0.29, 0.717) is 23.6 Å². The Labute approximate surface area is 137 Å². The van der Waals surface area contributed by atoms with Crippen LogP contribution in [0.25, 0.3) is 0 Å². The smallest absolute Gasteiger partial charge is 0.183 e. The summed E-state index contributed by atoms with van der Waals surface area (Å²) in [5.74, 6) is -0.0831. The van der Waals surface area contributed by atoms with Gasteiger partial charge in [0.1, 0.15) is 11.9 Å². The summed E-state index contributed by atoms with van der Waals surface area (Å²) in [6, 6.07) is 6.45. The Kier molecular flexibility index (Phi) is 5.58. The lowest BCUT2D eigenvalue weighted by Crippen LogP contribution is -2.31. The van der Waals surface area contributed by atoms with Gasteiger partial charge in [-0.3, -0.25) is 0 Å². The van der Waals surface area contributed by atoms with Crippen LogP contribution in [0.5, 0.6) is 0 Å². The van der Waals surface area contributed by atoms with Gasteiger partial charge in [-0.1, -0.05) is 17.7 Å². The van der Waals surface area contributed by atoms with Crippen LogP contribution in [0.3, 0.4) is 0 Å². The van der Waals surface area contributed by atoms with E-state index >= 15 is 0 Å². The number of hydrogen-bond acceptors (Lipinski definition) is 4. The van der Waals surface area contributed by atoms with Crippen LogP contribution in [0.2, 0.25) is 5.02 Å². The van der Waals surface area contributed by atoms with Crippen LogP contribution < -0.4 is 10.6 Å². The fraction of sp³-hybridized carbons (Fsp3) is 0.143. The molecule has 0 amide bonds. The first kappa shape index (κ1) is 16.1. The van der Waals surface area contributed by atoms with Crippen LogP contribution in [-0.4, -0.2) is 21.6 Å². The van der Waals surface area contributed by atoms with Crippen molar-refractivity contribution in [2.45, 2.75) is 6.42 Å². The fourth-order valence-corrected chi connectivity index (χ4v) is 2.19. The number of aromatic nitrogens is 2. The molecule has 0 spiro atoms. The Balaban J connectivity index is 1.90. The van der Waals surface area contributed by atoms with Crippen molar-refractivity contribution >= 4 is 34.7 Å². The number of nitrogens with zero attached hydrogens (tertiary/aromatic N) is 3. The lowest BCUT2D eigenvalue weighted by atomic mass is 10.1. The van der Waals surface area contributed by atoms with E-state index in [9.17, 15) is 4.39 Å². The summed E-state index contributed by atoms with van der Waals surface area (Å²) in [6.07, 6.45) is 3.24. The zero-order valence-corrected chi connectivity index (χ0v) is 12.9. The maximum absolute atomic E-state index is 13.6. The molecule has 2 N–H and O–H groups in total. The second-order valence-corrected chi connectivity index (χ2v) is 5.01. The number of nitrogens with one attached hydrogen (secondary N) is 2. The van der Waals surface area contributed by atoms with Crippen LogP contribution >= 0.6 is 23.8 Å². The molecule has 0 saturated heterocycles. The van der Waals surface area contributed by atoms with Gasteiger partial charge in [0.2, 0.25) is 0 Å². The molecule has 2 aromatic rings. The van der Waals surface area contributed by atoms with Crippen LogP contribution in [0, 0.1) is 17.1 Å². The molecule has 22 heavy (non-hydrogen) atoms. The Morgan fingerprint density at radius 1 is 1.36 bits per heavy atom. The van der Waals surface area contributed by atoms with Gasteiger partial charge in [0.05, 0.1) is 0 Å². The number of nitriles is 1. The number of thiocarbonyl (C=S) groups is 1. The van der Waals surface area contributed by atoms with E-state index in [-0.39, 0.29) is 22.4 Å². The SMILES string of the molecule is N#Cc1nccnc1NC(=S)NCCc1c(F)cccc1Cl. The minimum Gasteiger partial charge on any atom is -0.362 e. The van der Waals surface area contributed by atoms with Gasteiger partial charge in [0.25, 0.3) is 0 Å². The molecular formula is C14H11ClFN5S. The Hall–Kier alpha value is -2.30. The van der Waals surface area contributed by atoms with E-state index in [1.165, 1.54) is 18.5 Å². The molecule has 2 rings (SSSR count). The second-order valence-electron chi connectivity index (χ2n) is 4.20. The summed E-state index contributed by atoms with van der Waals surface area (Å²) in [5, 5.41) is 15.2. The van der Waals surface area contributed by atoms with Crippen molar-refractivity contribution in [3.05, 3.63) is 52.7 Å². The van der Waals surface area contributed by atoms with E-state index in [0.717, 1.165) is 0 Å². The van der Waals surface area contributed by atoms with Crippen molar-refractivity contribution in [3.8, 4) is 6.07 Å². The molecule has 0 aliphatic rings. The summed E-state index contributed by atoms with van der Waals surface area (Å²) in [6.45, 7) is 0.384. The largest absolute Gasteiger partial charge is 0.362 e. The Morgan fingerprint density at radius 3 is 2.86 bits per heavy atom. The molecule has 112 valence electrons. The summed E-state index contributed by atoms with van der Waals surface area (Å²) in [4.78, 5) is 7.84. The van der Waals surface area contributed by atoms with Gasteiger partial charge in [-0.05, 0) is 30.8 Å². The third-order valence-corrected chi connectivity index (χ3v) is 3.36. The van der Waals surface area contributed by atoms with Crippen molar-refractivity contribution in [3.63, 3.8) is 0 Å².